The van der Waals surface area contributed by atoms with Gasteiger partial charge in [0.2, 0.25) is 5.75 Å². The van der Waals surface area contributed by atoms with Crippen molar-refractivity contribution in [2.75, 3.05) is 19.8 Å². The maximum atomic E-state index is 14.1. The lowest BCUT2D eigenvalue weighted by molar-refractivity contribution is 0.0699. The summed E-state index contributed by atoms with van der Waals surface area (Å²) in [6.07, 6.45) is 10.2. The van der Waals surface area contributed by atoms with Gasteiger partial charge in [0.15, 0.2) is 14.0 Å². The molecule has 0 unspecified atom stereocenters. The molecule has 0 saturated heterocycles. The molecule has 2 aliphatic rings. The monoisotopic (exact) mass is 568 g/mol. The van der Waals surface area contributed by atoms with E-state index in [1.54, 1.807) is 0 Å². The number of aromatic nitrogens is 3. The number of hydrogen-bond acceptors (Lipinski definition) is 6. The topological polar surface area (TPSA) is 97.4 Å². The minimum absolute atomic E-state index is 0.0384. The van der Waals surface area contributed by atoms with Crippen molar-refractivity contribution in [1.82, 2.24) is 19.9 Å². The van der Waals surface area contributed by atoms with Crippen LogP contribution in [0.1, 0.15) is 101 Å². The third kappa shape index (κ3) is 7.03. The van der Waals surface area contributed by atoms with Crippen LogP contribution in [0.5, 0.6) is 5.75 Å². The van der Waals surface area contributed by atoms with E-state index in [4.69, 9.17) is 14.1 Å². The van der Waals surface area contributed by atoms with Gasteiger partial charge in [-0.25, -0.2) is 4.98 Å². The summed E-state index contributed by atoms with van der Waals surface area (Å²) < 4.78 is 12.3. The number of carbonyl (C=O) groups excluding carboxylic acids is 1. The number of nitrogens with zero attached hydrogens (tertiary/aromatic N) is 3. The van der Waals surface area contributed by atoms with E-state index in [0.29, 0.717) is 32.0 Å². The number of ether oxygens (including phenoxy) is 1. The molecule has 0 atom stereocenters. The molecule has 2 aromatic heterocycles. The molecule has 9 heteroatoms. The number of H-pyrrole nitrogens is 1. The molecule has 0 aliphatic heterocycles. The number of rotatable bonds is 13. The van der Waals surface area contributed by atoms with Crippen LogP contribution in [0.25, 0.3) is 0 Å². The first kappa shape index (κ1) is 30.4. The summed E-state index contributed by atoms with van der Waals surface area (Å²) in [5, 5.41) is 0.0920. The third-order valence-corrected chi connectivity index (χ3v) is 13.5. The van der Waals surface area contributed by atoms with E-state index in [0.717, 1.165) is 57.1 Å². The second kappa shape index (κ2) is 12.6. The molecule has 0 spiro atoms. The normalized spacial score (nSPS) is 17.1. The Morgan fingerprint density at radius 2 is 1.90 bits per heavy atom. The molecule has 40 heavy (non-hydrogen) atoms. The Morgan fingerprint density at radius 1 is 1.18 bits per heavy atom. The van der Waals surface area contributed by atoms with Gasteiger partial charge in [0, 0.05) is 36.3 Å². The van der Waals surface area contributed by atoms with E-state index in [1.807, 2.05) is 23.2 Å². The van der Waals surface area contributed by atoms with Gasteiger partial charge in [-0.1, -0.05) is 53.0 Å². The van der Waals surface area contributed by atoms with Gasteiger partial charge < -0.3 is 19.0 Å². The van der Waals surface area contributed by atoms with Crippen LogP contribution in [0.15, 0.2) is 29.2 Å². The SMILES string of the molecule is CCCCOc1c(C(=O)N(CCO[Si](C)(C)C(C)(C)C)C2CC2)nc(CC2(c3ccccn3)CCCC2)[nH]c1=O. The zero-order valence-corrected chi connectivity index (χ0v) is 26.3. The standard InChI is InChI=1S/C31H48N4O4Si/c1-7-8-20-38-27-26(29(37)35(23-14-15-23)19-21-39-40(5,6)30(2,3)4)33-25(34-28(27)36)22-31(16-10-11-17-31)24-13-9-12-18-32-24/h9,12-13,18,23H,7-8,10-11,14-17,19-22H2,1-6H3,(H,33,34,36). The van der Waals surface area contributed by atoms with Gasteiger partial charge in [-0.05, 0) is 62.4 Å². The van der Waals surface area contributed by atoms with Gasteiger partial charge in [0.1, 0.15) is 5.82 Å². The number of amides is 1. The van der Waals surface area contributed by atoms with Crippen LogP contribution in [0.4, 0.5) is 0 Å². The van der Waals surface area contributed by atoms with Crippen molar-refractivity contribution in [1.29, 1.82) is 0 Å². The van der Waals surface area contributed by atoms with Crippen molar-refractivity contribution in [2.24, 2.45) is 0 Å². The van der Waals surface area contributed by atoms with Crippen LogP contribution in [0, 0.1) is 0 Å². The fraction of sp³-hybridized carbons (Fsp3) is 0.677. The highest BCUT2D eigenvalue weighted by Crippen LogP contribution is 2.42. The van der Waals surface area contributed by atoms with E-state index >= 15 is 0 Å². The fourth-order valence-electron chi connectivity index (χ4n) is 5.35. The number of carbonyl (C=O) groups is 1. The molecule has 4 rings (SSSR count). The summed E-state index contributed by atoms with van der Waals surface area (Å²) >= 11 is 0. The van der Waals surface area contributed by atoms with Gasteiger partial charge in [-0.15, -0.1) is 0 Å². The van der Waals surface area contributed by atoms with Crippen LogP contribution < -0.4 is 10.3 Å². The van der Waals surface area contributed by atoms with Gasteiger partial charge >= 0.3 is 0 Å². The van der Waals surface area contributed by atoms with Crippen molar-refractivity contribution < 1.29 is 14.0 Å². The Hall–Kier alpha value is -2.52. The van der Waals surface area contributed by atoms with Gasteiger partial charge in [-0.2, -0.15) is 0 Å². The second-order valence-corrected chi connectivity index (χ2v) is 17.9. The van der Waals surface area contributed by atoms with E-state index in [-0.39, 0.29) is 39.4 Å². The lowest BCUT2D eigenvalue weighted by Gasteiger charge is -2.37. The smallest absolute Gasteiger partial charge is 0.294 e. The molecule has 2 aromatic rings. The Morgan fingerprint density at radius 3 is 2.50 bits per heavy atom. The number of nitrogens with one attached hydrogen (secondary N) is 1. The second-order valence-electron chi connectivity index (χ2n) is 13.1. The van der Waals surface area contributed by atoms with Crippen LogP contribution in [-0.4, -0.2) is 59.9 Å². The Bertz CT molecular complexity index is 1200. The summed E-state index contributed by atoms with van der Waals surface area (Å²) in [7, 11) is -1.95. The van der Waals surface area contributed by atoms with Gasteiger partial charge in [0.05, 0.1) is 13.2 Å². The minimum Gasteiger partial charge on any atom is -0.486 e. The molecule has 2 aliphatic carbocycles. The van der Waals surface area contributed by atoms with Crippen LogP contribution in [0.3, 0.4) is 0 Å². The Kier molecular flexibility index (Phi) is 9.55. The van der Waals surface area contributed by atoms with E-state index in [1.165, 1.54) is 0 Å². The summed E-state index contributed by atoms with van der Waals surface area (Å²) in [4.78, 5) is 41.9. The predicted molar refractivity (Wildman–Crippen MR) is 161 cm³/mol. The number of pyridine rings is 1. The lowest BCUT2D eigenvalue weighted by Crippen LogP contribution is -2.44. The molecule has 2 saturated carbocycles. The lowest BCUT2D eigenvalue weighted by atomic mass is 9.79. The van der Waals surface area contributed by atoms with Crippen LogP contribution in [-0.2, 0) is 16.3 Å². The van der Waals surface area contributed by atoms with E-state index < -0.39 is 8.32 Å². The van der Waals surface area contributed by atoms with Crippen molar-refractivity contribution in [2.45, 2.75) is 115 Å². The van der Waals surface area contributed by atoms with Gasteiger partial charge in [-0.3, -0.25) is 14.6 Å². The molecule has 0 bridgehead atoms. The van der Waals surface area contributed by atoms with Crippen molar-refractivity contribution in [3.05, 3.63) is 52.0 Å². The zero-order valence-electron chi connectivity index (χ0n) is 25.3. The Balaban J connectivity index is 1.63. The molecule has 0 radical (unpaired) electrons. The average Bonchev–Trinajstić information content (AvgIpc) is 3.64. The van der Waals surface area contributed by atoms with Crippen LogP contribution in [0.2, 0.25) is 18.1 Å². The van der Waals surface area contributed by atoms with Gasteiger partial charge in [0.25, 0.3) is 11.5 Å². The zero-order chi connectivity index (χ0) is 29.0. The van der Waals surface area contributed by atoms with E-state index in [2.05, 4.69) is 56.8 Å². The first-order valence-electron chi connectivity index (χ1n) is 15.1. The number of unbranched alkanes of at least 4 members (excludes halogenated alkanes) is 1. The third-order valence-electron chi connectivity index (χ3n) is 9.00. The van der Waals surface area contributed by atoms with Crippen molar-refractivity contribution in [3.8, 4) is 5.75 Å². The van der Waals surface area contributed by atoms with Crippen molar-refractivity contribution >= 4 is 14.2 Å². The molecule has 2 heterocycles. The van der Waals surface area contributed by atoms with E-state index in [9.17, 15) is 9.59 Å². The largest absolute Gasteiger partial charge is 0.486 e. The van der Waals surface area contributed by atoms with Crippen molar-refractivity contribution in [3.63, 3.8) is 0 Å². The van der Waals surface area contributed by atoms with Crippen LogP contribution >= 0.6 is 0 Å². The summed E-state index contributed by atoms with van der Waals surface area (Å²) in [6, 6.07) is 6.15. The first-order valence-corrected chi connectivity index (χ1v) is 18.0. The maximum absolute atomic E-state index is 14.1. The maximum Gasteiger partial charge on any atom is 0.294 e. The molecular formula is C31H48N4O4Si. The summed E-state index contributed by atoms with van der Waals surface area (Å²) in [5.74, 6) is 0.326. The fourth-order valence-corrected chi connectivity index (χ4v) is 6.38. The molecule has 2 fully saturated rings. The quantitative estimate of drug-likeness (QED) is 0.234. The molecule has 1 amide bonds. The molecule has 8 nitrogen and oxygen atoms in total. The first-order chi connectivity index (χ1) is 19.0. The molecular weight excluding hydrogens is 520 g/mol. The average molecular weight is 569 g/mol. The summed E-state index contributed by atoms with van der Waals surface area (Å²) in [5.41, 5.74) is 0.568. The molecule has 220 valence electrons. The highest BCUT2D eigenvalue weighted by Gasteiger charge is 2.41. The Labute approximate surface area is 240 Å². The highest BCUT2D eigenvalue weighted by atomic mass is 28.4. The summed E-state index contributed by atoms with van der Waals surface area (Å²) in [6.45, 7) is 14.5. The minimum atomic E-state index is -1.95. The molecule has 0 aromatic carbocycles. The number of hydrogen-bond donors (Lipinski definition) is 1. The predicted octanol–water partition coefficient (Wildman–Crippen LogP) is 6.02. The highest BCUT2D eigenvalue weighted by molar-refractivity contribution is 6.74. The molecule has 1 N–H and O–H groups in total. The number of aromatic amines is 1.